The predicted octanol–water partition coefficient (Wildman–Crippen LogP) is 3.21. The molecule has 2 fully saturated rings. The third-order valence-corrected chi connectivity index (χ3v) is 4.64. The molecule has 2 saturated carbocycles. The zero-order valence-corrected chi connectivity index (χ0v) is 12.7. The Labute approximate surface area is 130 Å². The van der Waals surface area contributed by atoms with Gasteiger partial charge in [-0.25, -0.2) is 4.39 Å². The number of hydrogen-bond donors (Lipinski definition) is 2. The van der Waals surface area contributed by atoms with Crippen molar-refractivity contribution in [2.24, 2.45) is 11.7 Å². The number of rotatable bonds is 4. The Morgan fingerprint density at radius 1 is 1.23 bits per heavy atom. The van der Waals surface area contributed by atoms with Gasteiger partial charge in [-0.1, -0.05) is 0 Å². The number of carbonyl (C=O) groups excluding carboxylic acids is 1. The molecule has 0 aromatic heterocycles. The summed E-state index contributed by atoms with van der Waals surface area (Å²) in [6.07, 6.45) is 6.76. The van der Waals surface area contributed by atoms with Gasteiger partial charge < -0.3 is 15.8 Å². The van der Waals surface area contributed by atoms with E-state index in [2.05, 4.69) is 5.32 Å². The highest BCUT2D eigenvalue weighted by Crippen LogP contribution is 2.29. The molecule has 22 heavy (non-hydrogen) atoms. The number of anilines is 1. The SMILES string of the molecule is NC1CCC(C(=O)Nc2ccc(OC3CCCC3)c(F)c2)C1. The van der Waals surface area contributed by atoms with Gasteiger partial charge in [0.05, 0.1) is 6.10 Å². The van der Waals surface area contributed by atoms with E-state index in [-0.39, 0.29) is 29.7 Å². The van der Waals surface area contributed by atoms with Crippen molar-refractivity contribution in [1.29, 1.82) is 0 Å². The third kappa shape index (κ3) is 3.58. The van der Waals surface area contributed by atoms with E-state index in [0.29, 0.717) is 12.1 Å². The van der Waals surface area contributed by atoms with Crippen LogP contribution in [-0.2, 0) is 4.79 Å². The molecule has 0 saturated heterocycles. The minimum atomic E-state index is -0.423. The molecule has 3 rings (SSSR count). The van der Waals surface area contributed by atoms with Crippen LogP contribution in [0, 0.1) is 11.7 Å². The van der Waals surface area contributed by atoms with E-state index in [0.717, 1.165) is 38.5 Å². The molecule has 0 radical (unpaired) electrons. The van der Waals surface area contributed by atoms with Crippen LogP contribution in [0.1, 0.15) is 44.9 Å². The Morgan fingerprint density at radius 3 is 2.64 bits per heavy atom. The summed E-state index contributed by atoms with van der Waals surface area (Å²) in [6.45, 7) is 0. The summed E-state index contributed by atoms with van der Waals surface area (Å²) in [5.74, 6) is -0.287. The second-order valence-corrected chi connectivity index (χ2v) is 6.43. The number of amides is 1. The van der Waals surface area contributed by atoms with Gasteiger partial charge in [-0.05, 0) is 57.1 Å². The molecule has 1 aromatic rings. The van der Waals surface area contributed by atoms with E-state index in [1.54, 1.807) is 12.1 Å². The first-order valence-electron chi connectivity index (χ1n) is 8.14. The standard InChI is InChI=1S/C17H23FN2O2/c18-15-10-13(20-17(21)11-5-6-12(19)9-11)7-8-16(15)22-14-3-1-2-4-14/h7-8,10-12,14H,1-6,9,19H2,(H,20,21). The highest BCUT2D eigenvalue weighted by Gasteiger charge is 2.28. The van der Waals surface area contributed by atoms with Crippen molar-refractivity contribution < 1.29 is 13.9 Å². The summed E-state index contributed by atoms with van der Waals surface area (Å²) in [7, 11) is 0. The van der Waals surface area contributed by atoms with Crippen molar-refractivity contribution in [3.8, 4) is 5.75 Å². The minimum absolute atomic E-state index is 0.0625. The summed E-state index contributed by atoms with van der Waals surface area (Å²) in [5, 5.41) is 2.78. The molecule has 3 N–H and O–H groups in total. The smallest absolute Gasteiger partial charge is 0.227 e. The Bertz CT molecular complexity index is 543. The van der Waals surface area contributed by atoms with Crippen LogP contribution in [0.3, 0.4) is 0 Å². The van der Waals surface area contributed by atoms with Crippen LogP contribution in [0.2, 0.25) is 0 Å². The number of benzene rings is 1. The quantitative estimate of drug-likeness (QED) is 0.897. The molecule has 0 bridgehead atoms. The van der Waals surface area contributed by atoms with Crippen LogP contribution in [-0.4, -0.2) is 18.1 Å². The van der Waals surface area contributed by atoms with E-state index >= 15 is 0 Å². The molecule has 5 heteroatoms. The molecular weight excluding hydrogens is 283 g/mol. The average Bonchev–Trinajstić information content (AvgIpc) is 3.13. The Morgan fingerprint density at radius 2 is 2.00 bits per heavy atom. The van der Waals surface area contributed by atoms with Gasteiger partial charge in [-0.2, -0.15) is 0 Å². The Hall–Kier alpha value is -1.62. The van der Waals surface area contributed by atoms with Gasteiger partial charge in [-0.3, -0.25) is 4.79 Å². The van der Waals surface area contributed by atoms with E-state index in [4.69, 9.17) is 10.5 Å². The van der Waals surface area contributed by atoms with Gasteiger partial charge in [0.2, 0.25) is 5.91 Å². The summed E-state index contributed by atoms with van der Waals surface area (Å²) in [4.78, 5) is 12.1. The summed E-state index contributed by atoms with van der Waals surface area (Å²) < 4.78 is 19.8. The summed E-state index contributed by atoms with van der Waals surface area (Å²) in [6, 6.07) is 4.73. The number of carbonyl (C=O) groups is 1. The molecule has 1 aromatic carbocycles. The van der Waals surface area contributed by atoms with Crippen molar-refractivity contribution in [3.05, 3.63) is 24.0 Å². The number of hydrogen-bond acceptors (Lipinski definition) is 3. The minimum Gasteiger partial charge on any atom is -0.487 e. The zero-order valence-electron chi connectivity index (χ0n) is 12.7. The second-order valence-electron chi connectivity index (χ2n) is 6.43. The van der Waals surface area contributed by atoms with Crippen molar-refractivity contribution in [2.45, 2.75) is 57.1 Å². The van der Waals surface area contributed by atoms with Gasteiger partial charge in [-0.15, -0.1) is 0 Å². The molecule has 1 amide bonds. The average molecular weight is 306 g/mol. The molecule has 2 unspecified atom stereocenters. The molecule has 0 aliphatic heterocycles. The second kappa shape index (κ2) is 6.65. The maximum Gasteiger partial charge on any atom is 0.227 e. The van der Waals surface area contributed by atoms with Gasteiger partial charge in [0, 0.05) is 23.7 Å². The lowest BCUT2D eigenvalue weighted by molar-refractivity contribution is -0.119. The van der Waals surface area contributed by atoms with Gasteiger partial charge in [0.1, 0.15) is 0 Å². The zero-order chi connectivity index (χ0) is 15.5. The lowest BCUT2D eigenvalue weighted by Crippen LogP contribution is -2.23. The van der Waals surface area contributed by atoms with Crippen molar-refractivity contribution >= 4 is 11.6 Å². The normalized spacial score (nSPS) is 25.4. The van der Waals surface area contributed by atoms with Gasteiger partial charge in [0.25, 0.3) is 0 Å². The molecule has 2 aliphatic carbocycles. The number of nitrogens with two attached hydrogens (primary N) is 1. The first kappa shape index (κ1) is 15.3. The fourth-order valence-electron chi connectivity index (χ4n) is 3.36. The van der Waals surface area contributed by atoms with Gasteiger partial charge >= 0.3 is 0 Å². The van der Waals surface area contributed by atoms with Crippen LogP contribution in [0.5, 0.6) is 5.75 Å². The van der Waals surface area contributed by atoms with Crippen molar-refractivity contribution in [3.63, 3.8) is 0 Å². The first-order chi connectivity index (χ1) is 10.6. The van der Waals surface area contributed by atoms with E-state index in [1.807, 2.05) is 0 Å². The highest BCUT2D eigenvalue weighted by molar-refractivity contribution is 5.92. The summed E-state index contributed by atoms with van der Waals surface area (Å²) >= 11 is 0. The largest absolute Gasteiger partial charge is 0.487 e. The van der Waals surface area contributed by atoms with E-state index in [1.165, 1.54) is 6.07 Å². The third-order valence-electron chi connectivity index (χ3n) is 4.64. The van der Waals surface area contributed by atoms with E-state index < -0.39 is 5.82 Å². The molecular formula is C17H23FN2O2. The Kier molecular flexibility index (Phi) is 4.62. The van der Waals surface area contributed by atoms with Crippen LogP contribution in [0.4, 0.5) is 10.1 Å². The number of nitrogens with one attached hydrogen (secondary N) is 1. The number of ether oxygens (including phenoxy) is 1. The van der Waals surface area contributed by atoms with Crippen LogP contribution in [0.25, 0.3) is 0 Å². The van der Waals surface area contributed by atoms with Crippen LogP contribution < -0.4 is 15.8 Å². The number of halogens is 1. The van der Waals surface area contributed by atoms with Crippen LogP contribution in [0.15, 0.2) is 18.2 Å². The monoisotopic (exact) mass is 306 g/mol. The fourth-order valence-corrected chi connectivity index (χ4v) is 3.36. The molecule has 120 valence electrons. The maximum atomic E-state index is 14.1. The molecule has 4 nitrogen and oxygen atoms in total. The highest BCUT2D eigenvalue weighted by atomic mass is 19.1. The molecule has 0 heterocycles. The van der Waals surface area contributed by atoms with Crippen molar-refractivity contribution in [2.75, 3.05) is 5.32 Å². The van der Waals surface area contributed by atoms with E-state index in [9.17, 15) is 9.18 Å². The fraction of sp³-hybridized carbons (Fsp3) is 0.588. The van der Waals surface area contributed by atoms with Crippen LogP contribution >= 0.6 is 0 Å². The molecule has 0 spiro atoms. The lowest BCUT2D eigenvalue weighted by Gasteiger charge is -2.15. The van der Waals surface area contributed by atoms with Crippen molar-refractivity contribution in [1.82, 2.24) is 0 Å². The van der Waals surface area contributed by atoms with Gasteiger partial charge in [0.15, 0.2) is 11.6 Å². The summed E-state index contributed by atoms with van der Waals surface area (Å²) in [5.41, 5.74) is 6.30. The molecule has 2 aliphatic rings. The Balaban J connectivity index is 1.60. The predicted molar refractivity (Wildman–Crippen MR) is 83.2 cm³/mol. The first-order valence-corrected chi connectivity index (χ1v) is 8.14. The topological polar surface area (TPSA) is 64.4 Å². The maximum absolute atomic E-state index is 14.1. The lowest BCUT2D eigenvalue weighted by atomic mass is 10.1. The molecule has 2 atom stereocenters.